The van der Waals surface area contributed by atoms with Gasteiger partial charge in [0.1, 0.15) is 12.1 Å². The first-order chi connectivity index (χ1) is 17.4. The Morgan fingerprint density at radius 3 is 2.72 bits per heavy atom. The molecule has 11 heteroatoms. The Balaban J connectivity index is 1.69. The van der Waals surface area contributed by atoms with Crippen molar-refractivity contribution in [2.24, 2.45) is 12.0 Å². The molecule has 1 amide bonds. The monoisotopic (exact) mass is 528 g/mol. The van der Waals surface area contributed by atoms with E-state index in [1.807, 2.05) is 14.0 Å². The minimum Gasteiger partial charge on any atom is -0.329 e. The van der Waals surface area contributed by atoms with Crippen molar-refractivity contribution in [3.8, 4) is 0 Å². The first kappa shape index (κ1) is 24.8. The fourth-order valence-electron chi connectivity index (χ4n) is 4.96. The third-order valence-electron chi connectivity index (χ3n) is 6.82. The number of allylic oxidation sites excluding steroid dienone is 1. The Morgan fingerprint density at radius 2 is 2.03 bits per heavy atom. The van der Waals surface area contributed by atoms with E-state index in [4.69, 9.17) is 0 Å². The number of aromatic nitrogens is 4. The maximum Gasteiger partial charge on any atom is 0.270 e. The van der Waals surface area contributed by atoms with Crippen LogP contribution in [0.4, 0.5) is 4.39 Å². The van der Waals surface area contributed by atoms with Crippen LogP contribution in [0.3, 0.4) is 0 Å². The molecule has 1 aromatic carbocycles. The van der Waals surface area contributed by atoms with Crippen molar-refractivity contribution in [1.29, 1.82) is 0 Å². The molecule has 36 heavy (non-hydrogen) atoms. The second-order valence-corrected chi connectivity index (χ2v) is 13.4. The average molecular weight is 529 g/mol. The average Bonchev–Trinajstić information content (AvgIpc) is 3.43. The molecule has 1 aliphatic carbocycles. The molecular weight excluding hydrogens is 499 g/mol. The van der Waals surface area contributed by atoms with Gasteiger partial charge >= 0.3 is 0 Å². The lowest BCUT2D eigenvalue weighted by Crippen LogP contribution is -2.44. The van der Waals surface area contributed by atoms with Crippen molar-refractivity contribution in [2.75, 3.05) is 0 Å². The van der Waals surface area contributed by atoms with Gasteiger partial charge in [0.2, 0.25) is 5.91 Å². The van der Waals surface area contributed by atoms with Crippen LogP contribution >= 0.6 is 22.0 Å². The van der Waals surface area contributed by atoms with Gasteiger partial charge in [0.15, 0.2) is 10.3 Å². The van der Waals surface area contributed by atoms with Gasteiger partial charge in [0.25, 0.3) is 5.56 Å². The zero-order chi connectivity index (χ0) is 25.4. The zero-order valence-electron chi connectivity index (χ0n) is 20.5. The summed E-state index contributed by atoms with van der Waals surface area (Å²) in [7, 11) is -0.330. The van der Waals surface area contributed by atoms with E-state index in [0.717, 1.165) is 48.8 Å². The highest BCUT2D eigenvalue weighted by Crippen LogP contribution is 2.65. The van der Waals surface area contributed by atoms with Crippen molar-refractivity contribution in [2.45, 2.75) is 67.7 Å². The van der Waals surface area contributed by atoms with Crippen LogP contribution in [-0.2, 0) is 11.8 Å². The molecule has 1 unspecified atom stereocenters. The molecule has 8 nitrogen and oxygen atoms in total. The van der Waals surface area contributed by atoms with Crippen LogP contribution in [0.1, 0.15) is 52.4 Å². The third-order valence-corrected chi connectivity index (χ3v) is 12.1. The number of amides is 1. The van der Waals surface area contributed by atoms with Crippen LogP contribution in [0.25, 0.3) is 10.9 Å². The Labute approximate surface area is 214 Å². The number of nitrogens with zero attached hydrogens (tertiary/aromatic N) is 5. The van der Waals surface area contributed by atoms with Crippen molar-refractivity contribution in [3.63, 3.8) is 0 Å². The Hall–Kier alpha value is -2.92. The summed E-state index contributed by atoms with van der Waals surface area (Å²) < 4.78 is 18.5. The fourth-order valence-corrected chi connectivity index (χ4v) is 10.0. The van der Waals surface area contributed by atoms with Gasteiger partial charge in [-0.05, 0) is 37.6 Å². The van der Waals surface area contributed by atoms with Gasteiger partial charge in [-0.15, -0.1) is 0 Å². The van der Waals surface area contributed by atoms with E-state index in [-0.39, 0.29) is 16.7 Å². The number of hydrogen-bond acceptors (Lipinski definition) is 6. The molecule has 0 radical (unpaired) electrons. The van der Waals surface area contributed by atoms with Crippen molar-refractivity contribution < 1.29 is 9.18 Å². The molecule has 0 bridgehead atoms. The Kier molecular flexibility index (Phi) is 6.78. The van der Waals surface area contributed by atoms with Crippen LogP contribution < -0.4 is 10.9 Å². The molecule has 190 valence electrons. The second kappa shape index (κ2) is 9.85. The molecule has 3 aromatic rings. The van der Waals surface area contributed by atoms with Crippen molar-refractivity contribution in [3.05, 3.63) is 58.1 Å². The normalized spacial score (nSPS) is 22.2. The number of benzene rings is 1. The molecule has 2 aromatic heterocycles. The molecule has 1 aliphatic heterocycles. The number of carbonyl (C=O) groups is 1. The largest absolute Gasteiger partial charge is 0.329 e. The van der Waals surface area contributed by atoms with Crippen LogP contribution in [0.15, 0.2) is 61.8 Å². The van der Waals surface area contributed by atoms with Crippen LogP contribution in [0.2, 0.25) is 0 Å². The summed E-state index contributed by atoms with van der Waals surface area (Å²) in [6.07, 6.45) is 12.2. The van der Waals surface area contributed by atoms with Gasteiger partial charge < -0.3 is 9.88 Å². The molecular formula is C25H29FN6O2S2. The highest BCUT2D eigenvalue weighted by Gasteiger charge is 2.46. The molecule has 3 heterocycles. The Morgan fingerprint density at radius 1 is 1.25 bits per heavy atom. The first-order valence-electron chi connectivity index (χ1n) is 12.1. The molecule has 1 N–H and O–H groups in total. The fraction of sp³-hybridized carbons (Fsp3) is 0.400. The number of carbonyl (C=O) groups excluding carboxylic acids is 1. The van der Waals surface area contributed by atoms with Gasteiger partial charge in [-0.25, -0.2) is 23.3 Å². The van der Waals surface area contributed by atoms with E-state index in [0.29, 0.717) is 32.5 Å². The lowest BCUT2D eigenvalue weighted by molar-refractivity contribution is -0.119. The summed E-state index contributed by atoms with van der Waals surface area (Å²) in [5.74, 6) is -0.592. The summed E-state index contributed by atoms with van der Waals surface area (Å²) in [5.41, 5.74) is 0.0437. The number of halogens is 1. The van der Waals surface area contributed by atoms with Crippen LogP contribution in [0.5, 0.6) is 0 Å². The molecule has 0 saturated heterocycles. The highest BCUT2D eigenvalue weighted by molar-refractivity contribution is 8.47. The quantitative estimate of drug-likeness (QED) is 0.499. The SMILES string of the molecule is CCC(=O)NC1=NC=C(C)S1(C1CCCCC1)n1cnc2cc(F)c(Sc3nccn3C)cc2c1=O. The number of aryl methyl sites for hydroxylation is 1. The lowest BCUT2D eigenvalue weighted by Gasteiger charge is -2.47. The summed E-state index contributed by atoms with van der Waals surface area (Å²) in [4.78, 5) is 41.3. The number of aliphatic imine (C=N–C) groups is 1. The summed E-state index contributed by atoms with van der Waals surface area (Å²) in [6, 6.07) is 2.87. The van der Waals surface area contributed by atoms with Crippen LogP contribution in [-0.4, -0.2) is 34.8 Å². The van der Waals surface area contributed by atoms with Gasteiger partial charge in [-0.2, -0.15) is 0 Å². The third kappa shape index (κ3) is 4.07. The molecule has 0 spiro atoms. The number of fused-ring (bicyclic) bond motifs is 1. The van der Waals surface area contributed by atoms with E-state index in [9.17, 15) is 14.0 Å². The number of rotatable bonds is 5. The number of amidine groups is 1. The van der Waals surface area contributed by atoms with E-state index in [1.165, 1.54) is 12.4 Å². The van der Waals surface area contributed by atoms with Gasteiger partial charge in [0.05, 0.1) is 15.8 Å². The Bertz CT molecular complexity index is 1460. The first-order valence-corrected chi connectivity index (χ1v) is 14.6. The number of nitrogens with one attached hydrogen (secondary N) is 1. The molecule has 2 aliphatic rings. The molecule has 1 fully saturated rings. The second-order valence-electron chi connectivity index (χ2n) is 9.06. The molecule has 5 rings (SSSR count). The zero-order valence-corrected chi connectivity index (χ0v) is 22.2. The number of hydrogen-bond donors (Lipinski definition) is 1. The van der Waals surface area contributed by atoms with Crippen LogP contribution in [0, 0.1) is 5.82 Å². The topological polar surface area (TPSA) is 94.2 Å². The van der Waals surface area contributed by atoms with E-state index in [2.05, 4.69) is 20.3 Å². The summed E-state index contributed by atoms with van der Waals surface area (Å²) in [5, 5.41) is 4.66. The molecule has 1 saturated carbocycles. The predicted molar refractivity (Wildman–Crippen MR) is 143 cm³/mol. The van der Waals surface area contributed by atoms with Gasteiger partial charge in [0, 0.05) is 48.3 Å². The maximum absolute atomic E-state index is 15.0. The van der Waals surface area contributed by atoms with E-state index in [1.54, 1.807) is 40.1 Å². The van der Waals surface area contributed by atoms with E-state index < -0.39 is 16.0 Å². The minimum absolute atomic E-state index is 0.137. The maximum atomic E-state index is 15.0. The molecule has 1 atom stereocenters. The summed E-state index contributed by atoms with van der Waals surface area (Å²) in [6.45, 7) is 3.78. The van der Waals surface area contributed by atoms with E-state index >= 15 is 0 Å². The summed E-state index contributed by atoms with van der Waals surface area (Å²) >= 11 is 1.16. The number of imidazole rings is 1. The van der Waals surface area contributed by atoms with Crippen molar-refractivity contribution in [1.82, 2.24) is 23.8 Å². The highest BCUT2D eigenvalue weighted by atomic mass is 32.3. The van der Waals surface area contributed by atoms with Gasteiger partial charge in [-0.3, -0.25) is 9.59 Å². The smallest absolute Gasteiger partial charge is 0.270 e. The minimum atomic E-state index is -2.16. The van der Waals surface area contributed by atoms with Gasteiger partial charge in [-0.1, -0.05) is 36.4 Å². The lowest BCUT2D eigenvalue weighted by atomic mass is 10.0. The predicted octanol–water partition coefficient (Wildman–Crippen LogP) is 5.08. The standard InChI is InChI=1S/C25H29FN6O2S2/c1-4-22(33)30-24-28-14-16(2)36(24,17-8-6-5-7-9-17)32-15-29-20-13-19(26)21(12-18(20)23(32)34)35-25-27-10-11-31(25)3/h10-15,17H,4-9H2,1-3H3,(H,28,30,33). The van der Waals surface area contributed by atoms with Crippen molar-refractivity contribution >= 4 is 44.0 Å².